The molecule has 1 N–H and O–H groups in total. The summed E-state index contributed by atoms with van der Waals surface area (Å²) >= 11 is 18.4. The fourth-order valence-corrected chi connectivity index (χ4v) is 4.61. The van der Waals surface area contributed by atoms with Crippen LogP contribution in [-0.2, 0) is 0 Å². The summed E-state index contributed by atoms with van der Waals surface area (Å²) in [5.41, 5.74) is 3.21. The second kappa shape index (κ2) is 9.65. The number of aromatic nitrogens is 1. The molecule has 1 fully saturated rings. The van der Waals surface area contributed by atoms with E-state index in [1.165, 1.54) is 11.1 Å². The van der Waals surface area contributed by atoms with Gasteiger partial charge in [-0.1, -0.05) is 83.9 Å². The Bertz CT molecular complexity index is 933. The van der Waals surface area contributed by atoms with E-state index in [2.05, 4.69) is 68.6 Å². The van der Waals surface area contributed by atoms with Crippen LogP contribution in [0, 0.1) is 0 Å². The molecular weight excluding hydrogens is 435 g/mol. The fourth-order valence-electron chi connectivity index (χ4n) is 3.70. The summed E-state index contributed by atoms with van der Waals surface area (Å²) < 4.78 is 0. The van der Waals surface area contributed by atoms with E-state index in [1.54, 1.807) is 12.4 Å². The number of rotatable bonds is 4. The molecule has 0 amide bonds. The molecule has 4 rings (SSSR count). The molecule has 2 aromatic carbocycles. The minimum absolute atomic E-state index is 0.00187. The third-order valence-electron chi connectivity index (χ3n) is 5.24. The SMILES string of the molecule is S=C(NC(c1ccccc1)c1ccccc1)N1CCN(c2c(Cl)cncc2Cl)CC1. The lowest BCUT2D eigenvalue weighted by molar-refractivity contribution is 0.377. The van der Waals surface area contributed by atoms with Crippen LogP contribution >= 0.6 is 35.4 Å². The fraction of sp³-hybridized carbons (Fsp3) is 0.217. The van der Waals surface area contributed by atoms with Crippen molar-refractivity contribution < 1.29 is 0 Å². The molecule has 154 valence electrons. The molecule has 30 heavy (non-hydrogen) atoms. The molecule has 1 aromatic heterocycles. The number of benzene rings is 2. The summed E-state index contributed by atoms with van der Waals surface area (Å²) in [5, 5.41) is 5.47. The van der Waals surface area contributed by atoms with Crippen molar-refractivity contribution in [1.82, 2.24) is 15.2 Å². The zero-order valence-corrected chi connectivity index (χ0v) is 18.7. The number of hydrogen-bond acceptors (Lipinski definition) is 3. The first-order chi connectivity index (χ1) is 14.6. The summed E-state index contributed by atoms with van der Waals surface area (Å²) in [4.78, 5) is 8.43. The van der Waals surface area contributed by atoms with E-state index in [-0.39, 0.29) is 6.04 Å². The van der Waals surface area contributed by atoms with Gasteiger partial charge in [-0.05, 0) is 23.3 Å². The van der Waals surface area contributed by atoms with Crippen LogP contribution in [0.25, 0.3) is 0 Å². The lowest BCUT2D eigenvalue weighted by Crippen LogP contribution is -2.52. The minimum Gasteiger partial charge on any atom is -0.365 e. The number of halogens is 2. The highest BCUT2D eigenvalue weighted by Crippen LogP contribution is 2.33. The molecule has 0 unspecified atom stereocenters. The summed E-state index contributed by atoms with van der Waals surface area (Å²) in [6.45, 7) is 3.15. The molecular formula is C23H22Cl2N4S. The molecule has 3 aromatic rings. The first-order valence-electron chi connectivity index (χ1n) is 9.83. The van der Waals surface area contributed by atoms with Gasteiger partial charge in [0.1, 0.15) is 0 Å². The highest BCUT2D eigenvalue weighted by atomic mass is 35.5. The average molecular weight is 457 g/mol. The maximum atomic E-state index is 6.33. The van der Waals surface area contributed by atoms with E-state index < -0.39 is 0 Å². The molecule has 0 spiro atoms. The number of nitrogens with one attached hydrogen (secondary N) is 1. The summed E-state index contributed by atoms with van der Waals surface area (Å²) in [7, 11) is 0. The van der Waals surface area contributed by atoms with E-state index in [4.69, 9.17) is 35.4 Å². The van der Waals surface area contributed by atoms with Gasteiger partial charge in [0, 0.05) is 38.6 Å². The predicted molar refractivity (Wildman–Crippen MR) is 129 cm³/mol. The zero-order chi connectivity index (χ0) is 20.9. The molecule has 1 aliphatic rings. The second-order valence-electron chi connectivity index (χ2n) is 7.13. The third kappa shape index (κ3) is 4.69. The number of nitrogens with zero attached hydrogens (tertiary/aromatic N) is 3. The second-order valence-corrected chi connectivity index (χ2v) is 8.33. The Morgan fingerprint density at radius 1 is 0.833 bits per heavy atom. The van der Waals surface area contributed by atoms with Crippen LogP contribution in [0.3, 0.4) is 0 Å². The number of anilines is 1. The van der Waals surface area contributed by atoms with E-state index in [1.807, 2.05) is 12.1 Å². The van der Waals surface area contributed by atoms with Crippen molar-refractivity contribution in [3.63, 3.8) is 0 Å². The molecule has 1 aliphatic heterocycles. The Kier molecular flexibility index (Phi) is 6.72. The monoisotopic (exact) mass is 456 g/mol. The molecule has 0 aliphatic carbocycles. The van der Waals surface area contributed by atoms with Crippen LogP contribution in [0.4, 0.5) is 5.69 Å². The maximum absolute atomic E-state index is 6.33. The Hall–Kier alpha value is -2.34. The van der Waals surface area contributed by atoms with Gasteiger partial charge < -0.3 is 15.1 Å². The Balaban J connectivity index is 1.46. The van der Waals surface area contributed by atoms with E-state index >= 15 is 0 Å². The van der Waals surface area contributed by atoms with Gasteiger partial charge in [-0.3, -0.25) is 4.98 Å². The molecule has 1 saturated heterocycles. The quantitative estimate of drug-likeness (QED) is 0.546. The lowest BCUT2D eigenvalue weighted by atomic mass is 9.99. The van der Waals surface area contributed by atoms with Crippen molar-refractivity contribution in [3.8, 4) is 0 Å². The Morgan fingerprint density at radius 3 is 1.83 bits per heavy atom. The third-order valence-corrected chi connectivity index (χ3v) is 6.17. The normalized spacial score (nSPS) is 14.1. The average Bonchev–Trinajstić information content (AvgIpc) is 2.79. The number of pyridine rings is 1. The van der Waals surface area contributed by atoms with Gasteiger partial charge in [0.25, 0.3) is 0 Å². The van der Waals surface area contributed by atoms with Gasteiger partial charge in [-0.25, -0.2) is 0 Å². The van der Waals surface area contributed by atoms with Crippen molar-refractivity contribution in [2.24, 2.45) is 0 Å². The van der Waals surface area contributed by atoms with Gasteiger partial charge in [0.2, 0.25) is 0 Å². The summed E-state index contributed by atoms with van der Waals surface area (Å²) in [5.74, 6) is 0. The van der Waals surface area contributed by atoms with Crippen LogP contribution in [-0.4, -0.2) is 41.2 Å². The lowest BCUT2D eigenvalue weighted by Gasteiger charge is -2.38. The van der Waals surface area contributed by atoms with Gasteiger partial charge in [0.15, 0.2) is 5.11 Å². The minimum atomic E-state index is 0.00187. The molecule has 7 heteroatoms. The van der Waals surface area contributed by atoms with Crippen molar-refractivity contribution in [3.05, 3.63) is 94.2 Å². The highest BCUT2D eigenvalue weighted by Gasteiger charge is 2.24. The first kappa shape index (κ1) is 20.9. The van der Waals surface area contributed by atoms with Crippen LogP contribution in [0.5, 0.6) is 0 Å². The number of piperazine rings is 1. The van der Waals surface area contributed by atoms with Crippen molar-refractivity contribution >= 4 is 46.2 Å². The van der Waals surface area contributed by atoms with Gasteiger partial charge in [-0.15, -0.1) is 0 Å². The van der Waals surface area contributed by atoms with E-state index in [0.717, 1.165) is 37.0 Å². The standard InChI is InChI=1S/C23H22Cl2N4S/c24-19-15-26-16-20(25)22(19)28-11-13-29(14-12-28)23(30)27-21(17-7-3-1-4-8-17)18-9-5-2-6-10-18/h1-10,15-16,21H,11-14H2,(H,27,30). The number of thiocarbonyl (C=S) groups is 1. The smallest absolute Gasteiger partial charge is 0.169 e. The van der Waals surface area contributed by atoms with Crippen molar-refractivity contribution in [2.45, 2.75) is 6.04 Å². The topological polar surface area (TPSA) is 31.4 Å². The van der Waals surface area contributed by atoms with Gasteiger partial charge in [-0.2, -0.15) is 0 Å². The Morgan fingerprint density at radius 2 is 1.33 bits per heavy atom. The first-order valence-corrected chi connectivity index (χ1v) is 11.0. The van der Waals surface area contributed by atoms with Crippen molar-refractivity contribution in [2.75, 3.05) is 31.1 Å². The highest BCUT2D eigenvalue weighted by molar-refractivity contribution is 7.80. The number of hydrogen-bond donors (Lipinski definition) is 1. The molecule has 0 bridgehead atoms. The molecule has 2 heterocycles. The van der Waals surface area contributed by atoms with E-state index in [0.29, 0.717) is 10.0 Å². The summed E-state index contributed by atoms with van der Waals surface area (Å²) in [6, 6.07) is 20.8. The Labute approximate surface area is 192 Å². The zero-order valence-electron chi connectivity index (χ0n) is 16.3. The maximum Gasteiger partial charge on any atom is 0.169 e. The van der Waals surface area contributed by atoms with Crippen LogP contribution < -0.4 is 10.2 Å². The van der Waals surface area contributed by atoms with Crippen molar-refractivity contribution in [1.29, 1.82) is 0 Å². The van der Waals surface area contributed by atoms with Crippen LogP contribution in [0.1, 0.15) is 17.2 Å². The van der Waals surface area contributed by atoms with Crippen LogP contribution in [0.15, 0.2) is 73.1 Å². The largest absolute Gasteiger partial charge is 0.365 e. The van der Waals surface area contributed by atoms with Gasteiger partial charge >= 0.3 is 0 Å². The molecule has 0 saturated carbocycles. The van der Waals surface area contributed by atoms with Gasteiger partial charge in [0.05, 0.1) is 21.8 Å². The predicted octanol–water partition coefficient (Wildman–Crippen LogP) is 5.17. The molecule has 4 nitrogen and oxygen atoms in total. The van der Waals surface area contributed by atoms with E-state index in [9.17, 15) is 0 Å². The summed E-state index contributed by atoms with van der Waals surface area (Å²) in [6.07, 6.45) is 3.26. The molecule has 0 atom stereocenters. The van der Waals surface area contributed by atoms with Crippen LogP contribution in [0.2, 0.25) is 10.0 Å². The molecule has 0 radical (unpaired) electrons.